The highest BCUT2D eigenvalue weighted by Crippen LogP contribution is 2.39. The van der Waals surface area contributed by atoms with Crippen molar-refractivity contribution in [3.63, 3.8) is 0 Å². The van der Waals surface area contributed by atoms with E-state index in [0.717, 1.165) is 0 Å². The maximum absolute atomic E-state index is 12.7. The highest BCUT2D eigenvalue weighted by Gasteiger charge is 2.36. The molecule has 38 heavy (non-hydrogen) atoms. The Hall–Kier alpha value is -5.19. The largest absolute Gasteiger partial charge is 0.519 e. The summed E-state index contributed by atoms with van der Waals surface area (Å²) >= 11 is 0. The van der Waals surface area contributed by atoms with E-state index in [1.54, 1.807) is 62.4 Å². The molecule has 0 radical (unpaired) electrons. The zero-order valence-corrected chi connectivity index (χ0v) is 20.7. The van der Waals surface area contributed by atoms with Crippen molar-refractivity contribution in [2.24, 2.45) is 0 Å². The standard InChI is InChI=1S/C27H23N3O8/c1-16-23(37-26(32)35-20-6-4-12-28-14-20)22(18-8-10-19(11-9-18)25(31)34-3)24(17(2)30-16)38-27(33)36-21-7-5-13-29-15-21/h4-15,22,30H,1-3H3. The maximum Gasteiger partial charge on any atom is 0.519 e. The number of carbonyl (C=O) groups is 3. The summed E-state index contributed by atoms with van der Waals surface area (Å²) in [4.78, 5) is 45.1. The molecule has 0 bridgehead atoms. The fraction of sp³-hybridized carbons (Fsp3) is 0.148. The number of hydrogen-bond acceptors (Lipinski definition) is 11. The average molecular weight is 517 g/mol. The van der Waals surface area contributed by atoms with E-state index in [4.69, 9.17) is 23.7 Å². The van der Waals surface area contributed by atoms with Crippen LogP contribution in [0.5, 0.6) is 11.5 Å². The van der Waals surface area contributed by atoms with E-state index in [1.807, 2.05) is 0 Å². The molecule has 1 N–H and O–H groups in total. The number of pyridine rings is 2. The van der Waals surface area contributed by atoms with Crippen molar-refractivity contribution in [1.82, 2.24) is 15.3 Å². The lowest BCUT2D eigenvalue weighted by atomic mass is 9.90. The number of nitrogens with zero attached hydrogens (tertiary/aromatic N) is 2. The zero-order valence-electron chi connectivity index (χ0n) is 20.7. The molecule has 4 rings (SSSR count). The van der Waals surface area contributed by atoms with Crippen LogP contribution in [0.25, 0.3) is 0 Å². The van der Waals surface area contributed by atoms with Crippen LogP contribution in [0.1, 0.15) is 35.7 Å². The number of carbonyl (C=O) groups excluding carboxylic acids is 3. The number of esters is 1. The molecule has 1 aliphatic heterocycles. The maximum atomic E-state index is 12.7. The molecule has 0 spiro atoms. The summed E-state index contributed by atoms with van der Waals surface area (Å²) in [5.41, 5.74) is 1.80. The van der Waals surface area contributed by atoms with Crippen molar-refractivity contribution in [1.29, 1.82) is 0 Å². The Morgan fingerprint density at radius 3 is 1.66 bits per heavy atom. The number of benzene rings is 1. The highest BCUT2D eigenvalue weighted by molar-refractivity contribution is 5.89. The molecule has 2 aromatic heterocycles. The minimum atomic E-state index is -1.03. The molecule has 3 heterocycles. The Labute approximate surface area is 217 Å². The molecule has 0 unspecified atom stereocenters. The Bertz CT molecular complexity index is 1310. The third kappa shape index (κ3) is 6.13. The molecule has 0 saturated heterocycles. The van der Waals surface area contributed by atoms with Crippen molar-refractivity contribution >= 4 is 18.3 Å². The van der Waals surface area contributed by atoms with Gasteiger partial charge in [0.2, 0.25) is 0 Å². The molecule has 0 amide bonds. The Morgan fingerprint density at radius 2 is 1.24 bits per heavy atom. The van der Waals surface area contributed by atoms with E-state index in [2.05, 4.69) is 15.3 Å². The van der Waals surface area contributed by atoms with Crippen LogP contribution in [0.15, 0.2) is 96.2 Å². The first-order valence-electron chi connectivity index (χ1n) is 11.3. The second-order valence-electron chi connectivity index (χ2n) is 7.94. The van der Waals surface area contributed by atoms with E-state index < -0.39 is 24.2 Å². The first-order valence-corrected chi connectivity index (χ1v) is 11.3. The van der Waals surface area contributed by atoms with Gasteiger partial charge in [-0.05, 0) is 55.8 Å². The minimum absolute atomic E-state index is 0.111. The number of nitrogens with one attached hydrogen (secondary N) is 1. The summed E-state index contributed by atoms with van der Waals surface area (Å²) in [5, 5.41) is 3.05. The molecule has 194 valence electrons. The van der Waals surface area contributed by atoms with E-state index >= 15 is 0 Å². The van der Waals surface area contributed by atoms with Crippen LogP contribution in [0, 0.1) is 0 Å². The molecule has 11 nitrogen and oxygen atoms in total. The molecular formula is C27H23N3O8. The van der Waals surface area contributed by atoms with Gasteiger partial charge in [-0.15, -0.1) is 0 Å². The van der Waals surface area contributed by atoms with Gasteiger partial charge in [-0.1, -0.05) is 12.1 Å². The van der Waals surface area contributed by atoms with E-state index in [9.17, 15) is 14.4 Å². The number of ether oxygens (including phenoxy) is 5. The third-order valence-corrected chi connectivity index (χ3v) is 5.36. The predicted octanol–water partition coefficient (Wildman–Crippen LogP) is 4.84. The number of rotatable bonds is 6. The summed E-state index contributed by atoms with van der Waals surface area (Å²) in [6.07, 6.45) is 3.73. The van der Waals surface area contributed by atoms with Crippen LogP contribution in [0.2, 0.25) is 0 Å². The van der Waals surface area contributed by atoms with E-state index in [1.165, 1.54) is 31.9 Å². The van der Waals surface area contributed by atoms with Crippen LogP contribution < -0.4 is 14.8 Å². The first-order chi connectivity index (χ1) is 18.4. The zero-order chi connectivity index (χ0) is 27.1. The van der Waals surface area contributed by atoms with E-state index in [-0.39, 0.29) is 23.0 Å². The minimum Gasteiger partial charge on any atom is -0.465 e. The summed E-state index contributed by atoms with van der Waals surface area (Å²) in [6, 6.07) is 12.7. The molecule has 11 heteroatoms. The van der Waals surface area contributed by atoms with Crippen LogP contribution in [-0.2, 0) is 14.2 Å². The normalized spacial score (nSPS) is 13.3. The summed E-state index contributed by atoms with van der Waals surface area (Å²) in [5.74, 6) is -0.818. The summed E-state index contributed by atoms with van der Waals surface area (Å²) in [7, 11) is 1.28. The Kier molecular flexibility index (Phi) is 7.97. The number of aromatic nitrogens is 2. The van der Waals surface area contributed by atoms with Crippen LogP contribution in [-0.4, -0.2) is 35.4 Å². The molecule has 0 saturated carbocycles. The smallest absolute Gasteiger partial charge is 0.465 e. The topological polar surface area (TPSA) is 135 Å². The summed E-state index contributed by atoms with van der Waals surface area (Å²) < 4.78 is 26.5. The third-order valence-electron chi connectivity index (χ3n) is 5.36. The van der Waals surface area contributed by atoms with Gasteiger partial charge in [-0.3, -0.25) is 9.97 Å². The van der Waals surface area contributed by atoms with Gasteiger partial charge in [0.25, 0.3) is 0 Å². The van der Waals surface area contributed by atoms with Gasteiger partial charge in [-0.25, -0.2) is 14.4 Å². The van der Waals surface area contributed by atoms with Crippen molar-refractivity contribution < 1.29 is 38.1 Å². The Balaban J connectivity index is 1.66. The molecule has 0 fully saturated rings. The number of hydrogen-bond donors (Lipinski definition) is 1. The molecule has 0 aliphatic carbocycles. The monoisotopic (exact) mass is 517 g/mol. The quantitative estimate of drug-likeness (QED) is 0.355. The van der Waals surface area contributed by atoms with Gasteiger partial charge in [0.15, 0.2) is 11.5 Å². The number of methoxy groups -OCH3 is 1. The van der Waals surface area contributed by atoms with Crippen LogP contribution >= 0.6 is 0 Å². The molecule has 1 aliphatic rings. The van der Waals surface area contributed by atoms with Crippen molar-refractivity contribution in [3.05, 3.63) is 107 Å². The molecule has 3 aromatic rings. The molecular weight excluding hydrogens is 494 g/mol. The van der Waals surface area contributed by atoms with Gasteiger partial charge in [0, 0.05) is 12.4 Å². The fourth-order valence-electron chi connectivity index (χ4n) is 3.69. The van der Waals surface area contributed by atoms with Crippen molar-refractivity contribution in [3.8, 4) is 11.5 Å². The van der Waals surface area contributed by atoms with Crippen LogP contribution in [0.4, 0.5) is 9.59 Å². The predicted molar refractivity (Wildman–Crippen MR) is 132 cm³/mol. The first kappa shape index (κ1) is 25.9. The number of allylic oxidation sites excluding steroid dienone is 2. The van der Waals surface area contributed by atoms with Crippen molar-refractivity contribution in [2.45, 2.75) is 19.8 Å². The second-order valence-corrected chi connectivity index (χ2v) is 7.94. The second kappa shape index (κ2) is 11.7. The SMILES string of the molecule is COC(=O)c1ccc(C2C(OC(=O)Oc3cccnc3)=C(C)NC(C)=C2OC(=O)Oc2cccnc2)cc1. The molecule has 0 atom stereocenters. The lowest BCUT2D eigenvalue weighted by Crippen LogP contribution is -2.30. The lowest BCUT2D eigenvalue weighted by molar-refractivity contribution is 0.0600. The van der Waals surface area contributed by atoms with Gasteiger partial charge in [-0.2, -0.15) is 0 Å². The van der Waals surface area contributed by atoms with Crippen molar-refractivity contribution in [2.75, 3.05) is 7.11 Å². The lowest BCUT2D eigenvalue weighted by Gasteiger charge is -2.30. The van der Waals surface area contributed by atoms with Gasteiger partial charge in [0.05, 0.1) is 36.5 Å². The van der Waals surface area contributed by atoms with Gasteiger partial charge >= 0.3 is 18.3 Å². The summed E-state index contributed by atoms with van der Waals surface area (Å²) in [6.45, 7) is 3.38. The average Bonchev–Trinajstić information content (AvgIpc) is 2.92. The number of dihydropyridines is 1. The van der Waals surface area contributed by atoms with Gasteiger partial charge in [0.1, 0.15) is 17.4 Å². The van der Waals surface area contributed by atoms with E-state index in [0.29, 0.717) is 22.5 Å². The van der Waals surface area contributed by atoms with Gasteiger partial charge < -0.3 is 29.0 Å². The van der Waals surface area contributed by atoms with Crippen LogP contribution in [0.3, 0.4) is 0 Å². The Morgan fingerprint density at radius 1 is 0.737 bits per heavy atom. The highest BCUT2D eigenvalue weighted by atomic mass is 16.7. The molecule has 1 aromatic carbocycles. The fourth-order valence-corrected chi connectivity index (χ4v) is 3.69.